The molecule has 0 radical (unpaired) electrons. The molecular formula is C24H42O4. The van der Waals surface area contributed by atoms with Gasteiger partial charge in [-0.3, -0.25) is 9.59 Å². The molecule has 28 heavy (non-hydrogen) atoms. The third kappa shape index (κ3) is 9.25. The summed E-state index contributed by atoms with van der Waals surface area (Å²) in [6.45, 7) is 14.8. The largest absolute Gasteiger partial charge is 0.462 e. The average molecular weight is 395 g/mol. The summed E-state index contributed by atoms with van der Waals surface area (Å²) in [5, 5.41) is 0. The van der Waals surface area contributed by atoms with Gasteiger partial charge in [0, 0.05) is 6.92 Å². The number of hydrogen-bond donors (Lipinski definition) is 0. The first kappa shape index (κ1) is 24.7. The Labute approximate surface area is 172 Å². The Balaban J connectivity index is 2.41. The number of hydrogen-bond acceptors (Lipinski definition) is 4. The summed E-state index contributed by atoms with van der Waals surface area (Å²) in [6, 6.07) is 0. The first-order valence-electron chi connectivity index (χ1n) is 11.1. The van der Waals surface area contributed by atoms with Crippen LogP contribution in [0.4, 0.5) is 0 Å². The molecule has 0 aromatic heterocycles. The van der Waals surface area contributed by atoms with E-state index in [1.54, 1.807) is 13.0 Å². The second-order valence-corrected chi connectivity index (χ2v) is 9.50. The van der Waals surface area contributed by atoms with Gasteiger partial charge in [0.2, 0.25) is 0 Å². The first-order valence-corrected chi connectivity index (χ1v) is 11.1. The quantitative estimate of drug-likeness (QED) is 0.329. The van der Waals surface area contributed by atoms with Crippen LogP contribution in [0.25, 0.3) is 0 Å². The van der Waals surface area contributed by atoms with Crippen molar-refractivity contribution in [2.45, 2.75) is 93.1 Å². The molecule has 4 nitrogen and oxygen atoms in total. The second kappa shape index (κ2) is 12.3. The van der Waals surface area contributed by atoms with Gasteiger partial charge < -0.3 is 9.47 Å². The lowest BCUT2D eigenvalue weighted by atomic mass is 9.72. The van der Waals surface area contributed by atoms with Gasteiger partial charge >= 0.3 is 11.9 Å². The molecule has 6 unspecified atom stereocenters. The molecule has 0 aromatic carbocycles. The van der Waals surface area contributed by atoms with Gasteiger partial charge in [0.15, 0.2) is 0 Å². The fourth-order valence-corrected chi connectivity index (χ4v) is 4.06. The fourth-order valence-electron chi connectivity index (χ4n) is 4.06. The standard InChI is InChI=1S/C24H42O4/c1-16(2)8-9-17(3)19(5)14-22-10-11-23(15-20(22)6)28-24(26)18(4)12-13-27-21(7)25/h12-13,16-20,22-23H,8-11,14-15H2,1-7H3/b13-12+. The molecule has 4 heteroatoms. The summed E-state index contributed by atoms with van der Waals surface area (Å²) in [5.74, 6) is 2.57. The molecule has 1 aliphatic rings. The molecule has 0 aliphatic heterocycles. The van der Waals surface area contributed by atoms with E-state index in [1.165, 1.54) is 32.4 Å². The van der Waals surface area contributed by atoms with E-state index in [0.29, 0.717) is 5.92 Å². The highest BCUT2D eigenvalue weighted by Gasteiger charge is 2.31. The third-order valence-corrected chi connectivity index (χ3v) is 6.40. The van der Waals surface area contributed by atoms with E-state index < -0.39 is 11.9 Å². The molecule has 6 atom stereocenters. The molecule has 162 valence electrons. The lowest BCUT2D eigenvalue weighted by Gasteiger charge is -2.36. The minimum absolute atomic E-state index is 0.0111. The first-order chi connectivity index (χ1) is 13.1. The van der Waals surface area contributed by atoms with Crippen LogP contribution in [0, 0.1) is 35.5 Å². The Bertz CT molecular complexity index is 511. The summed E-state index contributed by atoms with van der Waals surface area (Å²) in [4.78, 5) is 23.0. The molecular weight excluding hydrogens is 352 g/mol. The minimum Gasteiger partial charge on any atom is -0.462 e. The van der Waals surface area contributed by atoms with Crippen LogP contribution in [0.3, 0.4) is 0 Å². The highest BCUT2D eigenvalue weighted by molar-refractivity contribution is 5.74. The van der Waals surface area contributed by atoms with Crippen molar-refractivity contribution in [2.75, 3.05) is 0 Å². The number of carbonyl (C=O) groups is 2. The van der Waals surface area contributed by atoms with Crippen molar-refractivity contribution in [1.29, 1.82) is 0 Å². The molecule has 1 rings (SSSR count). The summed E-state index contributed by atoms with van der Waals surface area (Å²) in [5.41, 5.74) is 0. The van der Waals surface area contributed by atoms with Crippen molar-refractivity contribution in [2.24, 2.45) is 35.5 Å². The lowest BCUT2D eigenvalue weighted by Crippen LogP contribution is -2.32. The van der Waals surface area contributed by atoms with Crippen molar-refractivity contribution < 1.29 is 19.1 Å². The van der Waals surface area contributed by atoms with Gasteiger partial charge in [0.1, 0.15) is 6.10 Å². The zero-order valence-electron chi connectivity index (χ0n) is 19.1. The molecule has 1 saturated carbocycles. The Hall–Kier alpha value is -1.32. The minimum atomic E-state index is -0.408. The van der Waals surface area contributed by atoms with E-state index in [9.17, 15) is 9.59 Å². The fraction of sp³-hybridized carbons (Fsp3) is 0.833. The van der Waals surface area contributed by atoms with Gasteiger partial charge in [-0.15, -0.1) is 0 Å². The highest BCUT2D eigenvalue weighted by Crippen LogP contribution is 2.38. The van der Waals surface area contributed by atoms with E-state index in [0.717, 1.165) is 42.9 Å². The topological polar surface area (TPSA) is 52.6 Å². The van der Waals surface area contributed by atoms with Crippen molar-refractivity contribution in [3.8, 4) is 0 Å². The van der Waals surface area contributed by atoms with Gasteiger partial charge in [-0.1, -0.05) is 47.5 Å². The predicted molar refractivity (Wildman–Crippen MR) is 113 cm³/mol. The van der Waals surface area contributed by atoms with E-state index >= 15 is 0 Å². The van der Waals surface area contributed by atoms with Crippen LogP contribution in [0.15, 0.2) is 12.3 Å². The van der Waals surface area contributed by atoms with Crippen LogP contribution in [0.1, 0.15) is 87.0 Å². The smallest absolute Gasteiger partial charge is 0.312 e. The molecule has 1 aliphatic carbocycles. The maximum absolute atomic E-state index is 12.3. The SMILES string of the molecule is CC(=O)O/C=C/C(C)C(=O)OC1CCC(CC(C)C(C)CCC(C)C)C(C)C1. The summed E-state index contributed by atoms with van der Waals surface area (Å²) >= 11 is 0. The molecule has 0 bridgehead atoms. The molecule has 0 heterocycles. The summed E-state index contributed by atoms with van der Waals surface area (Å²) in [6.07, 6.45) is 9.80. The molecule has 0 N–H and O–H groups in total. The zero-order chi connectivity index (χ0) is 21.3. The van der Waals surface area contributed by atoms with Crippen molar-refractivity contribution in [1.82, 2.24) is 0 Å². The van der Waals surface area contributed by atoms with Crippen LogP contribution >= 0.6 is 0 Å². The van der Waals surface area contributed by atoms with Crippen molar-refractivity contribution >= 4 is 11.9 Å². The monoisotopic (exact) mass is 394 g/mol. The molecule has 0 spiro atoms. The maximum atomic E-state index is 12.3. The normalized spacial score (nSPS) is 26.1. The van der Waals surface area contributed by atoms with Gasteiger partial charge in [-0.25, -0.2) is 0 Å². The number of ether oxygens (including phenoxy) is 2. The van der Waals surface area contributed by atoms with Crippen molar-refractivity contribution in [3.63, 3.8) is 0 Å². The Morgan fingerprint density at radius 2 is 1.71 bits per heavy atom. The van der Waals surface area contributed by atoms with Crippen LogP contribution in [-0.2, 0) is 19.1 Å². The van der Waals surface area contributed by atoms with E-state index in [4.69, 9.17) is 9.47 Å². The highest BCUT2D eigenvalue weighted by atomic mass is 16.5. The molecule has 0 aromatic rings. The van der Waals surface area contributed by atoms with Crippen LogP contribution < -0.4 is 0 Å². The Morgan fingerprint density at radius 3 is 2.29 bits per heavy atom. The maximum Gasteiger partial charge on any atom is 0.312 e. The van der Waals surface area contributed by atoms with Crippen LogP contribution in [0.2, 0.25) is 0 Å². The Morgan fingerprint density at radius 1 is 1.04 bits per heavy atom. The van der Waals surface area contributed by atoms with Gasteiger partial charge in [-0.2, -0.15) is 0 Å². The van der Waals surface area contributed by atoms with Crippen molar-refractivity contribution in [3.05, 3.63) is 12.3 Å². The molecule has 0 amide bonds. The Kier molecular flexibility index (Phi) is 10.8. The van der Waals surface area contributed by atoms with Gasteiger partial charge in [-0.05, 0) is 68.3 Å². The third-order valence-electron chi connectivity index (χ3n) is 6.40. The number of rotatable bonds is 10. The predicted octanol–water partition coefficient (Wildman–Crippen LogP) is 6.15. The summed E-state index contributed by atoms with van der Waals surface area (Å²) < 4.78 is 10.5. The summed E-state index contributed by atoms with van der Waals surface area (Å²) in [7, 11) is 0. The van der Waals surface area contributed by atoms with Crippen LogP contribution in [0.5, 0.6) is 0 Å². The van der Waals surface area contributed by atoms with Crippen LogP contribution in [-0.4, -0.2) is 18.0 Å². The van der Waals surface area contributed by atoms with Gasteiger partial charge in [0.05, 0.1) is 12.2 Å². The van der Waals surface area contributed by atoms with E-state index in [-0.39, 0.29) is 12.1 Å². The lowest BCUT2D eigenvalue weighted by molar-refractivity contribution is -0.155. The van der Waals surface area contributed by atoms with Gasteiger partial charge in [0.25, 0.3) is 0 Å². The molecule has 1 fully saturated rings. The number of esters is 2. The van der Waals surface area contributed by atoms with E-state index in [1.807, 2.05) is 0 Å². The average Bonchev–Trinajstić information content (AvgIpc) is 2.61. The molecule has 0 saturated heterocycles. The zero-order valence-corrected chi connectivity index (χ0v) is 19.1. The van der Waals surface area contributed by atoms with E-state index in [2.05, 4.69) is 34.6 Å². The number of carbonyl (C=O) groups excluding carboxylic acids is 2. The second-order valence-electron chi connectivity index (χ2n) is 9.50.